The lowest BCUT2D eigenvalue weighted by atomic mass is 10.4. The molecule has 0 unspecified atom stereocenters. The molecule has 88 valence electrons. The summed E-state index contributed by atoms with van der Waals surface area (Å²) >= 11 is 1.38. The molecule has 0 aromatic carbocycles. The van der Waals surface area contributed by atoms with Gasteiger partial charge < -0.3 is 5.11 Å². The number of hydrogen-bond donors (Lipinski definition) is 1. The lowest BCUT2D eigenvalue weighted by Gasteiger charge is -1.94. The van der Waals surface area contributed by atoms with Gasteiger partial charge in [0.05, 0.1) is 22.7 Å². The molecular weight excluding hydrogens is 248 g/mol. The zero-order valence-corrected chi connectivity index (χ0v) is 9.12. The Balaban J connectivity index is 2.34. The van der Waals surface area contributed by atoms with Crippen molar-refractivity contribution in [3.05, 3.63) is 38.6 Å². The Labute approximate surface area is 98.3 Å². The Morgan fingerprint density at radius 1 is 1.65 bits per heavy atom. The molecule has 2 aromatic rings. The minimum absolute atomic E-state index is 0.206. The molecule has 0 fully saturated rings. The van der Waals surface area contributed by atoms with Crippen LogP contribution in [0, 0.1) is 10.1 Å². The molecule has 2 heterocycles. The summed E-state index contributed by atoms with van der Waals surface area (Å²) in [6.45, 7) is 0.206. The van der Waals surface area contributed by atoms with E-state index < -0.39 is 22.3 Å². The average Bonchev–Trinajstić information content (AvgIpc) is 2.86. The highest BCUT2D eigenvalue weighted by molar-refractivity contribution is 7.07. The van der Waals surface area contributed by atoms with Gasteiger partial charge in [0, 0.05) is 5.38 Å². The number of carboxylic acid groups (broad SMARTS) is 1. The van der Waals surface area contributed by atoms with Crippen LogP contribution in [0.5, 0.6) is 0 Å². The molecule has 0 aliphatic rings. The lowest BCUT2D eigenvalue weighted by molar-refractivity contribution is -0.385. The lowest BCUT2D eigenvalue weighted by Crippen LogP contribution is -2.04. The van der Waals surface area contributed by atoms with Crippen LogP contribution in [0.15, 0.2) is 17.1 Å². The number of aromatic carboxylic acids is 1. The molecule has 9 heteroatoms. The van der Waals surface area contributed by atoms with Crippen LogP contribution in [-0.2, 0) is 6.54 Å². The van der Waals surface area contributed by atoms with Crippen molar-refractivity contribution < 1.29 is 14.8 Å². The molecule has 0 spiro atoms. The molecular formula is C8H6N4O4S. The van der Waals surface area contributed by atoms with Crippen molar-refractivity contribution in [1.29, 1.82) is 0 Å². The molecule has 0 saturated heterocycles. The summed E-state index contributed by atoms with van der Waals surface area (Å²) in [4.78, 5) is 24.6. The van der Waals surface area contributed by atoms with Gasteiger partial charge in [0.1, 0.15) is 6.20 Å². The second-order valence-electron chi connectivity index (χ2n) is 3.10. The molecule has 0 amide bonds. The molecule has 8 nitrogen and oxygen atoms in total. The number of nitrogens with zero attached hydrogens (tertiary/aromatic N) is 4. The molecule has 0 aliphatic carbocycles. The quantitative estimate of drug-likeness (QED) is 0.643. The number of aromatic nitrogens is 3. The van der Waals surface area contributed by atoms with Crippen molar-refractivity contribution in [2.75, 3.05) is 0 Å². The van der Waals surface area contributed by atoms with Crippen LogP contribution in [0.25, 0.3) is 0 Å². The second-order valence-corrected chi connectivity index (χ2v) is 3.82. The van der Waals surface area contributed by atoms with Crippen LogP contribution in [-0.4, -0.2) is 30.8 Å². The SMILES string of the molecule is O=C(O)c1nn(Cc2cscn2)cc1[N+](=O)[O-]. The molecule has 0 radical (unpaired) electrons. The van der Waals surface area contributed by atoms with Gasteiger partial charge in [-0.1, -0.05) is 0 Å². The van der Waals surface area contributed by atoms with Crippen molar-refractivity contribution in [2.24, 2.45) is 0 Å². The van der Waals surface area contributed by atoms with Gasteiger partial charge in [-0.3, -0.25) is 14.8 Å². The summed E-state index contributed by atoms with van der Waals surface area (Å²) in [7, 11) is 0. The fourth-order valence-corrected chi connectivity index (χ4v) is 1.81. The van der Waals surface area contributed by atoms with Gasteiger partial charge in [-0.2, -0.15) is 5.10 Å². The Bertz CT molecular complexity index is 531. The Morgan fingerprint density at radius 3 is 2.88 bits per heavy atom. The maximum atomic E-state index is 10.7. The van der Waals surface area contributed by atoms with Crippen molar-refractivity contribution in [3.63, 3.8) is 0 Å². The third-order valence-electron chi connectivity index (χ3n) is 1.95. The molecule has 1 N–H and O–H groups in total. The minimum atomic E-state index is -1.42. The highest BCUT2D eigenvalue weighted by atomic mass is 32.1. The van der Waals surface area contributed by atoms with Gasteiger partial charge in [0.25, 0.3) is 0 Å². The minimum Gasteiger partial charge on any atom is -0.476 e. The fraction of sp³-hybridized carbons (Fsp3) is 0.125. The molecule has 2 rings (SSSR count). The number of thiazole rings is 1. The summed E-state index contributed by atoms with van der Waals surface area (Å²) in [5.41, 5.74) is 1.20. The first-order valence-electron chi connectivity index (χ1n) is 4.40. The predicted octanol–water partition coefficient (Wildman–Crippen LogP) is 0.994. The average molecular weight is 254 g/mol. The van der Waals surface area contributed by atoms with E-state index in [1.165, 1.54) is 16.0 Å². The van der Waals surface area contributed by atoms with E-state index in [0.29, 0.717) is 5.69 Å². The van der Waals surface area contributed by atoms with E-state index in [9.17, 15) is 14.9 Å². The van der Waals surface area contributed by atoms with Crippen molar-refractivity contribution in [3.8, 4) is 0 Å². The molecule has 2 aromatic heterocycles. The van der Waals surface area contributed by atoms with E-state index in [1.54, 1.807) is 10.9 Å². The van der Waals surface area contributed by atoms with Crippen LogP contribution in [0.1, 0.15) is 16.2 Å². The maximum Gasteiger partial charge on any atom is 0.363 e. The monoisotopic (exact) mass is 254 g/mol. The van der Waals surface area contributed by atoms with Crippen molar-refractivity contribution in [1.82, 2.24) is 14.8 Å². The van der Waals surface area contributed by atoms with E-state index in [2.05, 4.69) is 10.1 Å². The van der Waals surface area contributed by atoms with E-state index in [-0.39, 0.29) is 6.54 Å². The molecule has 0 atom stereocenters. The number of nitro groups is 1. The zero-order chi connectivity index (χ0) is 12.4. The Kier molecular flexibility index (Phi) is 2.83. The van der Waals surface area contributed by atoms with E-state index in [1.807, 2.05) is 0 Å². The van der Waals surface area contributed by atoms with Crippen LogP contribution < -0.4 is 0 Å². The highest BCUT2D eigenvalue weighted by Crippen LogP contribution is 2.17. The van der Waals surface area contributed by atoms with E-state index in [0.717, 1.165) is 6.20 Å². The summed E-state index contributed by atoms with van der Waals surface area (Å²) in [6.07, 6.45) is 1.09. The van der Waals surface area contributed by atoms with Gasteiger partial charge in [-0.25, -0.2) is 9.78 Å². The topological polar surface area (TPSA) is 111 Å². The number of carbonyl (C=O) groups is 1. The summed E-state index contributed by atoms with van der Waals surface area (Å²) in [6, 6.07) is 0. The Hall–Kier alpha value is -2.29. The Morgan fingerprint density at radius 2 is 2.41 bits per heavy atom. The first kappa shape index (κ1) is 11.2. The maximum absolute atomic E-state index is 10.7. The number of hydrogen-bond acceptors (Lipinski definition) is 6. The summed E-state index contributed by atoms with van der Waals surface area (Å²) in [5, 5.41) is 24.8. The van der Waals surface area contributed by atoms with E-state index in [4.69, 9.17) is 5.11 Å². The van der Waals surface area contributed by atoms with Gasteiger partial charge in [-0.15, -0.1) is 11.3 Å². The smallest absolute Gasteiger partial charge is 0.363 e. The zero-order valence-electron chi connectivity index (χ0n) is 8.31. The largest absolute Gasteiger partial charge is 0.476 e. The predicted molar refractivity (Wildman–Crippen MR) is 57.1 cm³/mol. The van der Waals surface area contributed by atoms with Crippen LogP contribution in [0.3, 0.4) is 0 Å². The second kappa shape index (κ2) is 4.29. The first-order valence-corrected chi connectivity index (χ1v) is 5.34. The molecule has 0 saturated carbocycles. The fourth-order valence-electron chi connectivity index (χ4n) is 1.26. The van der Waals surface area contributed by atoms with Gasteiger partial charge in [-0.05, 0) is 0 Å². The normalized spacial score (nSPS) is 10.4. The number of carboxylic acids is 1. The van der Waals surface area contributed by atoms with Gasteiger partial charge in [0.15, 0.2) is 0 Å². The molecule has 0 bridgehead atoms. The van der Waals surface area contributed by atoms with Crippen LogP contribution in [0.4, 0.5) is 5.69 Å². The standard InChI is InChI=1S/C8H6N4O4S/c13-8(14)7-6(12(15)16)2-11(10-7)1-5-3-17-4-9-5/h2-4H,1H2,(H,13,14). The van der Waals surface area contributed by atoms with E-state index >= 15 is 0 Å². The van der Waals surface area contributed by atoms with Crippen LogP contribution >= 0.6 is 11.3 Å². The first-order chi connectivity index (χ1) is 8.08. The molecule has 0 aliphatic heterocycles. The van der Waals surface area contributed by atoms with Crippen LogP contribution in [0.2, 0.25) is 0 Å². The van der Waals surface area contributed by atoms with Gasteiger partial charge in [0.2, 0.25) is 5.69 Å². The van der Waals surface area contributed by atoms with Crippen molar-refractivity contribution in [2.45, 2.75) is 6.54 Å². The third kappa shape index (κ3) is 2.28. The highest BCUT2D eigenvalue weighted by Gasteiger charge is 2.25. The summed E-state index contributed by atoms with van der Waals surface area (Å²) < 4.78 is 1.19. The summed E-state index contributed by atoms with van der Waals surface area (Å²) in [5.74, 6) is -1.42. The molecule has 17 heavy (non-hydrogen) atoms. The third-order valence-corrected chi connectivity index (χ3v) is 2.58. The number of rotatable bonds is 4. The van der Waals surface area contributed by atoms with Gasteiger partial charge >= 0.3 is 11.7 Å². The van der Waals surface area contributed by atoms with Crippen molar-refractivity contribution >= 4 is 23.0 Å².